The van der Waals surface area contributed by atoms with Gasteiger partial charge in [0.1, 0.15) is 5.82 Å². The number of rotatable bonds is 7. The van der Waals surface area contributed by atoms with E-state index in [4.69, 9.17) is 0 Å². The van der Waals surface area contributed by atoms with E-state index in [1.807, 2.05) is 19.1 Å². The van der Waals surface area contributed by atoms with Crippen LogP contribution in [0.2, 0.25) is 0 Å². The molecule has 0 amide bonds. The van der Waals surface area contributed by atoms with E-state index in [-0.39, 0.29) is 11.1 Å². The molecular formula is C15H22FNOS. The maximum atomic E-state index is 13.0. The molecule has 1 aromatic carbocycles. The summed E-state index contributed by atoms with van der Waals surface area (Å²) < 4.78 is 24.3. The Kier molecular flexibility index (Phi) is 5.11. The van der Waals surface area contributed by atoms with Crippen molar-refractivity contribution in [2.24, 2.45) is 5.92 Å². The molecular weight excluding hydrogens is 261 g/mol. The fraction of sp³-hybridized carbons (Fsp3) is 0.600. The predicted molar refractivity (Wildman–Crippen MR) is 78.0 cm³/mol. The molecule has 1 aliphatic rings. The number of hydrogen-bond donors (Lipinski definition) is 1. The summed E-state index contributed by atoms with van der Waals surface area (Å²) in [6, 6.07) is 7.10. The molecule has 0 radical (unpaired) electrons. The third-order valence-electron chi connectivity index (χ3n) is 3.80. The van der Waals surface area contributed by atoms with Crippen LogP contribution in [0.5, 0.6) is 0 Å². The molecule has 1 aromatic rings. The molecule has 0 spiro atoms. The first kappa shape index (κ1) is 14.7. The van der Waals surface area contributed by atoms with Crippen LogP contribution < -0.4 is 5.32 Å². The van der Waals surface area contributed by atoms with Gasteiger partial charge in [0, 0.05) is 28.3 Å². The van der Waals surface area contributed by atoms with Gasteiger partial charge in [-0.2, -0.15) is 0 Å². The molecule has 0 aliphatic heterocycles. The van der Waals surface area contributed by atoms with Crippen LogP contribution in [0.4, 0.5) is 4.39 Å². The molecule has 1 N–H and O–H groups in total. The average molecular weight is 283 g/mol. The number of hydrogen-bond acceptors (Lipinski definition) is 2. The molecule has 3 atom stereocenters. The lowest BCUT2D eigenvalue weighted by Crippen LogP contribution is -2.27. The second kappa shape index (κ2) is 6.62. The summed E-state index contributed by atoms with van der Waals surface area (Å²) in [7, 11) is -0.757. The molecule has 1 fully saturated rings. The SMILES string of the molecule is CC(CCNC(c1ccc(F)cc1)C1CC1)S(C)=O. The molecule has 4 heteroatoms. The van der Waals surface area contributed by atoms with E-state index >= 15 is 0 Å². The van der Waals surface area contributed by atoms with Crippen LogP contribution in [0, 0.1) is 11.7 Å². The number of nitrogens with one attached hydrogen (secondary N) is 1. The van der Waals surface area contributed by atoms with Crippen molar-refractivity contribution >= 4 is 10.8 Å². The summed E-state index contributed by atoms with van der Waals surface area (Å²) in [4.78, 5) is 0. The Hall–Kier alpha value is -0.740. The van der Waals surface area contributed by atoms with Gasteiger partial charge in [-0.15, -0.1) is 0 Å². The molecule has 3 unspecified atom stereocenters. The van der Waals surface area contributed by atoms with Gasteiger partial charge in [0.05, 0.1) is 0 Å². The van der Waals surface area contributed by atoms with Gasteiger partial charge in [-0.1, -0.05) is 19.1 Å². The van der Waals surface area contributed by atoms with Gasteiger partial charge in [-0.05, 0) is 49.4 Å². The van der Waals surface area contributed by atoms with Crippen LogP contribution in [0.3, 0.4) is 0 Å². The Morgan fingerprint density at radius 3 is 2.53 bits per heavy atom. The maximum Gasteiger partial charge on any atom is 0.123 e. The van der Waals surface area contributed by atoms with E-state index in [0.717, 1.165) is 18.5 Å². The Labute approximate surface area is 117 Å². The highest BCUT2D eigenvalue weighted by Crippen LogP contribution is 2.40. The second-order valence-corrected chi connectivity index (χ2v) is 7.22. The smallest absolute Gasteiger partial charge is 0.123 e. The van der Waals surface area contributed by atoms with Gasteiger partial charge in [0.2, 0.25) is 0 Å². The van der Waals surface area contributed by atoms with Crippen molar-refractivity contribution in [2.75, 3.05) is 12.8 Å². The van der Waals surface area contributed by atoms with Crippen molar-refractivity contribution in [1.29, 1.82) is 0 Å². The first-order valence-corrected chi connectivity index (χ1v) is 8.51. The highest BCUT2D eigenvalue weighted by atomic mass is 32.2. The van der Waals surface area contributed by atoms with Gasteiger partial charge in [-0.25, -0.2) is 4.39 Å². The molecule has 1 saturated carbocycles. The summed E-state index contributed by atoms with van der Waals surface area (Å²) in [6.07, 6.45) is 5.14. The fourth-order valence-corrected chi connectivity index (χ4v) is 2.71. The van der Waals surface area contributed by atoms with Gasteiger partial charge >= 0.3 is 0 Å². The Bertz CT molecular complexity index is 430. The van der Waals surface area contributed by atoms with E-state index in [1.54, 1.807) is 6.26 Å². The molecule has 1 aliphatic carbocycles. The maximum absolute atomic E-state index is 13.0. The quantitative estimate of drug-likeness (QED) is 0.833. The zero-order valence-corrected chi connectivity index (χ0v) is 12.4. The zero-order chi connectivity index (χ0) is 13.8. The van der Waals surface area contributed by atoms with E-state index in [1.165, 1.54) is 25.0 Å². The second-order valence-electron chi connectivity index (χ2n) is 5.42. The zero-order valence-electron chi connectivity index (χ0n) is 11.6. The molecule has 0 aromatic heterocycles. The molecule has 0 bridgehead atoms. The van der Waals surface area contributed by atoms with Crippen molar-refractivity contribution in [3.63, 3.8) is 0 Å². The standard InChI is InChI=1S/C15H22FNOS/c1-11(19(2)18)9-10-17-15(12-3-4-12)13-5-7-14(16)8-6-13/h5-8,11-12,15,17H,3-4,9-10H2,1-2H3. The third-order valence-corrected chi connectivity index (χ3v) is 5.17. The van der Waals surface area contributed by atoms with Crippen LogP contribution >= 0.6 is 0 Å². The van der Waals surface area contributed by atoms with Crippen LogP contribution in [-0.2, 0) is 10.8 Å². The lowest BCUT2D eigenvalue weighted by atomic mass is 10.0. The first-order valence-electron chi connectivity index (χ1n) is 6.89. The van der Waals surface area contributed by atoms with Crippen molar-refractivity contribution < 1.29 is 8.60 Å². The molecule has 2 nitrogen and oxygen atoms in total. The summed E-state index contributed by atoms with van der Waals surface area (Å²) in [6.45, 7) is 2.88. The highest BCUT2D eigenvalue weighted by Gasteiger charge is 2.31. The Morgan fingerprint density at radius 1 is 1.37 bits per heavy atom. The van der Waals surface area contributed by atoms with Crippen molar-refractivity contribution in [1.82, 2.24) is 5.32 Å². The lowest BCUT2D eigenvalue weighted by molar-refractivity contribution is 0.473. The largest absolute Gasteiger partial charge is 0.310 e. The topological polar surface area (TPSA) is 29.1 Å². The van der Waals surface area contributed by atoms with Crippen molar-refractivity contribution in [3.8, 4) is 0 Å². The Balaban J connectivity index is 1.90. The van der Waals surface area contributed by atoms with E-state index in [0.29, 0.717) is 12.0 Å². The summed E-state index contributed by atoms with van der Waals surface area (Å²) in [5.74, 6) is 0.487. The van der Waals surface area contributed by atoms with Gasteiger partial charge in [0.15, 0.2) is 0 Å². The van der Waals surface area contributed by atoms with Gasteiger partial charge in [0.25, 0.3) is 0 Å². The predicted octanol–water partition coefficient (Wildman–Crippen LogP) is 3.02. The van der Waals surface area contributed by atoms with Gasteiger partial charge in [-0.3, -0.25) is 4.21 Å². The highest BCUT2D eigenvalue weighted by molar-refractivity contribution is 7.84. The molecule has 106 valence electrons. The minimum absolute atomic E-state index is 0.187. The van der Waals surface area contributed by atoms with Crippen LogP contribution in [-0.4, -0.2) is 22.3 Å². The number of halogens is 1. The summed E-state index contributed by atoms with van der Waals surface area (Å²) in [5.41, 5.74) is 1.16. The number of benzene rings is 1. The van der Waals surface area contributed by atoms with Crippen molar-refractivity contribution in [2.45, 2.75) is 37.5 Å². The monoisotopic (exact) mass is 283 g/mol. The first-order chi connectivity index (χ1) is 9.08. The molecule has 0 saturated heterocycles. The van der Waals surface area contributed by atoms with Crippen LogP contribution in [0.15, 0.2) is 24.3 Å². The molecule has 19 heavy (non-hydrogen) atoms. The summed E-state index contributed by atoms with van der Waals surface area (Å²) >= 11 is 0. The average Bonchev–Trinajstić information content (AvgIpc) is 3.20. The van der Waals surface area contributed by atoms with E-state index in [9.17, 15) is 8.60 Å². The van der Waals surface area contributed by atoms with Gasteiger partial charge < -0.3 is 5.32 Å². The van der Waals surface area contributed by atoms with Crippen LogP contribution in [0.1, 0.15) is 37.8 Å². The minimum Gasteiger partial charge on any atom is -0.310 e. The normalized spacial score (nSPS) is 19.9. The summed E-state index contributed by atoms with van der Waals surface area (Å²) in [5, 5.41) is 3.77. The van der Waals surface area contributed by atoms with Crippen molar-refractivity contribution in [3.05, 3.63) is 35.6 Å². The van der Waals surface area contributed by atoms with E-state index in [2.05, 4.69) is 5.32 Å². The lowest BCUT2D eigenvalue weighted by Gasteiger charge is -2.20. The van der Waals surface area contributed by atoms with E-state index < -0.39 is 10.8 Å². The fourth-order valence-electron chi connectivity index (χ4n) is 2.26. The third kappa shape index (κ3) is 4.39. The minimum atomic E-state index is -0.757. The van der Waals surface area contributed by atoms with Crippen LogP contribution in [0.25, 0.3) is 0 Å². The molecule has 2 rings (SSSR count). The Morgan fingerprint density at radius 2 is 2.00 bits per heavy atom. The molecule has 0 heterocycles.